The second-order valence-electron chi connectivity index (χ2n) is 5.66. The van der Waals surface area contributed by atoms with Gasteiger partial charge in [-0.05, 0) is 54.2 Å². The van der Waals surface area contributed by atoms with Crippen LogP contribution in [-0.4, -0.2) is 10.9 Å². The number of nitrogens with two attached hydrogens (primary N) is 1. The average molecular weight is 281 g/mol. The molecule has 0 aromatic heterocycles. The number of hydrogen-bond donors (Lipinski definition) is 2. The number of aryl methyl sites for hydroxylation is 1. The second kappa shape index (κ2) is 5.34. The number of hydrogen-bond acceptors (Lipinski definition) is 3. The third kappa shape index (κ3) is 2.45. The third-order valence-corrected chi connectivity index (χ3v) is 4.35. The molecule has 3 aliphatic rings. The lowest BCUT2D eigenvalue weighted by atomic mass is 9.95. The van der Waals surface area contributed by atoms with Crippen molar-refractivity contribution in [2.75, 3.05) is 0 Å². The third-order valence-electron chi connectivity index (χ3n) is 4.35. The van der Waals surface area contributed by atoms with Crippen LogP contribution in [0.5, 0.6) is 5.75 Å². The summed E-state index contributed by atoms with van der Waals surface area (Å²) in [5.41, 5.74) is 11.2. The van der Waals surface area contributed by atoms with Gasteiger partial charge in [0.15, 0.2) is 0 Å². The second-order valence-corrected chi connectivity index (χ2v) is 5.66. The monoisotopic (exact) mass is 281 g/mol. The van der Waals surface area contributed by atoms with Crippen LogP contribution in [0.2, 0.25) is 0 Å². The van der Waals surface area contributed by atoms with E-state index in [1.54, 1.807) is 13.0 Å². The molecule has 4 rings (SSSR count). The van der Waals surface area contributed by atoms with Crippen LogP contribution < -0.4 is 5.73 Å². The predicted molar refractivity (Wildman–Crippen MR) is 83.2 cm³/mol. The van der Waals surface area contributed by atoms with Crippen molar-refractivity contribution in [2.24, 2.45) is 5.73 Å². The van der Waals surface area contributed by atoms with Crippen LogP contribution in [0.4, 0.5) is 0 Å². The van der Waals surface area contributed by atoms with Crippen molar-refractivity contribution in [3.05, 3.63) is 53.1 Å². The van der Waals surface area contributed by atoms with Gasteiger partial charge in [0, 0.05) is 18.0 Å². The van der Waals surface area contributed by atoms with E-state index < -0.39 is 0 Å². The summed E-state index contributed by atoms with van der Waals surface area (Å²) in [5, 5.41) is 9.63. The van der Waals surface area contributed by atoms with Gasteiger partial charge >= 0.3 is 0 Å². The number of phenols is 1. The molecule has 0 aliphatic heterocycles. The molecule has 3 heteroatoms. The van der Waals surface area contributed by atoms with E-state index in [9.17, 15) is 9.90 Å². The van der Waals surface area contributed by atoms with Gasteiger partial charge in [0.1, 0.15) is 11.5 Å². The molecule has 0 bridgehead atoms. The number of carbonyl (C=O) groups is 1. The van der Waals surface area contributed by atoms with Crippen molar-refractivity contribution in [3.63, 3.8) is 0 Å². The van der Waals surface area contributed by atoms with Crippen LogP contribution in [0.15, 0.2) is 36.4 Å². The minimum Gasteiger partial charge on any atom is -0.508 e. The van der Waals surface area contributed by atoms with E-state index in [0.717, 1.165) is 29.5 Å². The van der Waals surface area contributed by atoms with E-state index in [0.29, 0.717) is 6.54 Å². The van der Waals surface area contributed by atoms with Crippen molar-refractivity contribution in [1.29, 1.82) is 0 Å². The fourth-order valence-corrected chi connectivity index (χ4v) is 2.94. The summed E-state index contributed by atoms with van der Waals surface area (Å²) in [6.45, 7) is 1.93. The van der Waals surface area contributed by atoms with Crippen LogP contribution in [0.1, 0.15) is 36.0 Å². The summed E-state index contributed by atoms with van der Waals surface area (Å²) in [6, 6.07) is 12.1. The van der Waals surface area contributed by atoms with E-state index in [4.69, 9.17) is 5.73 Å². The fourth-order valence-electron chi connectivity index (χ4n) is 2.94. The molecule has 1 aromatic carbocycles. The standard InChI is InChI=1S/C12H15NO2.C6H4/c1-7(14)10-3-2-8-5-12(15)9(6-13)4-11(8)10;1-2-6-4-3-5(1)6/h4-5,10,15H,2-3,6,13H2,1H3;1-4H. The van der Waals surface area contributed by atoms with Gasteiger partial charge in [-0.3, -0.25) is 4.79 Å². The van der Waals surface area contributed by atoms with E-state index in [1.807, 2.05) is 6.07 Å². The zero-order valence-corrected chi connectivity index (χ0v) is 12.1. The number of carbonyl (C=O) groups excluding carboxylic acids is 1. The lowest BCUT2D eigenvalue weighted by Crippen LogP contribution is -2.06. The van der Waals surface area contributed by atoms with Gasteiger partial charge in [-0.25, -0.2) is 0 Å². The zero-order valence-electron chi connectivity index (χ0n) is 12.1. The van der Waals surface area contributed by atoms with Gasteiger partial charge in [-0.1, -0.05) is 24.3 Å². The van der Waals surface area contributed by atoms with Gasteiger partial charge in [0.2, 0.25) is 0 Å². The van der Waals surface area contributed by atoms with E-state index >= 15 is 0 Å². The Bertz CT molecular complexity index is 668. The summed E-state index contributed by atoms with van der Waals surface area (Å²) < 4.78 is 0. The molecule has 21 heavy (non-hydrogen) atoms. The van der Waals surface area contributed by atoms with Crippen molar-refractivity contribution in [3.8, 4) is 16.9 Å². The van der Waals surface area contributed by atoms with Gasteiger partial charge in [-0.15, -0.1) is 0 Å². The maximum Gasteiger partial charge on any atom is 0.137 e. The quantitative estimate of drug-likeness (QED) is 0.758. The highest BCUT2D eigenvalue weighted by atomic mass is 16.3. The normalized spacial score (nSPS) is 16.8. The molecule has 0 fully saturated rings. The minimum absolute atomic E-state index is 0.00546. The largest absolute Gasteiger partial charge is 0.508 e. The van der Waals surface area contributed by atoms with Crippen LogP contribution in [0.25, 0.3) is 11.1 Å². The molecule has 0 radical (unpaired) electrons. The Morgan fingerprint density at radius 3 is 2.29 bits per heavy atom. The Morgan fingerprint density at radius 1 is 1.24 bits per heavy atom. The Labute approximate surface area is 124 Å². The van der Waals surface area contributed by atoms with Crippen molar-refractivity contribution in [1.82, 2.24) is 0 Å². The first-order chi connectivity index (χ1) is 10.1. The molecule has 0 amide bonds. The maximum absolute atomic E-state index is 11.4. The first-order valence-corrected chi connectivity index (χ1v) is 7.25. The van der Waals surface area contributed by atoms with Gasteiger partial charge < -0.3 is 10.8 Å². The molecule has 1 atom stereocenters. The highest BCUT2D eigenvalue weighted by Crippen LogP contribution is 2.37. The summed E-state index contributed by atoms with van der Waals surface area (Å²) in [4.78, 5) is 11.4. The zero-order chi connectivity index (χ0) is 15.0. The molecule has 3 N–H and O–H groups in total. The highest BCUT2D eigenvalue weighted by molar-refractivity contribution is 5.84. The van der Waals surface area contributed by atoms with E-state index in [1.165, 1.54) is 11.1 Å². The molecular weight excluding hydrogens is 262 g/mol. The Kier molecular flexibility index (Phi) is 3.52. The number of phenolic OH excluding ortho intramolecular Hbond substituents is 1. The Balaban J connectivity index is 0.000000180. The smallest absolute Gasteiger partial charge is 0.137 e. The molecule has 0 saturated heterocycles. The maximum atomic E-state index is 11.4. The van der Waals surface area contributed by atoms with Crippen LogP contribution in [0, 0.1) is 0 Å². The SMILES string of the molecule is CC(=O)C1CCc2cc(O)c(CN)cc21.c1cc2ccc1-2. The molecule has 0 heterocycles. The first-order valence-electron chi connectivity index (χ1n) is 7.25. The van der Waals surface area contributed by atoms with E-state index in [-0.39, 0.29) is 17.5 Å². The van der Waals surface area contributed by atoms with Gasteiger partial charge in [-0.2, -0.15) is 0 Å². The van der Waals surface area contributed by atoms with Crippen molar-refractivity contribution >= 4 is 5.78 Å². The highest BCUT2D eigenvalue weighted by Gasteiger charge is 2.27. The molecule has 3 nitrogen and oxygen atoms in total. The van der Waals surface area contributed by atoms with Gasteiger partial charge in [0.25, 0.3) is 0 Å². The molecule has 3 aliphatic carbocycles. The summed E-state index contributed by atoms with van der Waals surface area (Å²) in [6.07, 6.45) is 1.73. The minimum atomic E-state index is 0.00546. The fraction of sp³-hybridized carbons (Fsp3) is 0.278. The summed E-state index contributed by atoms with van der Waals surface area (Å²) >= 11 is 0. The number of aromatic hydroxyl groups is 1. The van der Waals surface area contributed by atoms with Crippen LogP contribution in [0.3, 0.4) is 0 Å². The van der Waals surface area contributed by atoms with Gasteiger partial charge in [0.05, 0.1) is 0 Å². The molecule has 0 saturated carbocycles. The van der Waals surface area contributed by atoms with Crippen molar-refractivity contribution < 1.29 is 9.90 Å². The molecular formula is C18H19NO2. The average Bonchev–Trinajstić information content (AvgIpc) is 2.85. The number of benzene rings is 2. The Hall–Kier alpha value is -2.13. The molecule has 1 unspecified atom stereocenters. The predicted octanol–water partition coefficient (Wildman–Crippen LogP) is 3.14. The molecule has 0 spiro atoms. The van der Waals surface area contributed by atoms with Crippen LogP contribution in [-0.2, 0) is 17.8 Å². The lowest BCUT2D eigenvalue weighted by molar-refractivity contribution is -0.118. The Morgan fingerprint density at radius 2 is 1.86 bits per heavy atom. The van der Waals surface area contributed by atoms with E-state index in [2.05, 4.69) is 24.3 Å². The van der Waals surface area contributed by atoms with Crippen molar-refractivity contribution in [2.45, 2.75) is 32.2 Å². The number of rotatable bonds is 2. The summed E-state index contributed by atoms with van der Waals surface area (Å²) in [7, 11) is 0. The number of Topliss-reactive ketones (excluding diaryl/α,β-unsaturated/α-hetero) is 1. The molecule has 108 valence electrons. The first kappa shape index (κ1) is 13.8. The summed E-state index contributed by atoms with van der Waals surface area (Å²) in [5.74, 6) is 0.453. The number of ketones is 1. The lowest BCUT2D eigenvalue weighted by Gasteiger charge is -2.10. The number of fused-ring (bicyclic) bond motifs is 2. The van der Waals surface area contributed by atoms with Crippen LogP contribution >= 0.6 is 0 Å². The topological polar surface area (TPSA) is 63.3 Å². The molecule has 1 aromatic rings.